The predicted octanol–water partition coefficient (Wildman–Crippen LogP) is 16.2. The van der Waals surface area contributed by atoms with Crippen molar-refractivity contribution in [1.82, 2.24) is 15.0 Å². The van der Waals surface area contributed by atoms with Gasteiger partial charge in [0.2, 0.25) is 0 Å². The highest BCUT2D eigenvalue weighted by Crippen LogP contribution is 2.57. The number of para-hydroxylation sites is 1. The van der Waals surface area contributed by atoms with Gasteiger partial charge in [0.05, 0.1) is 27.7 Å². The highest BCUT2D eigenvalue weighted by Gasteiger charge is 2.46. The van der Waals surface area contributed by atoms with Gasteiger partial charge in [-0.15, -0.1) is 0 Å². The van der Waals surface area contributed by atoms with E-state index in [2.05, 4.69) is 217 Å². The molecular weight excluding hydrogens is 811 g/mol. The Labute approximate surface area is 387 Å². The van der Waals surface area contributed by atoms with Crippen LogP contribution >= 0.6 is 0 Å². The average Bonchev–Trinajstić information content (AvgIpc) is 3.70. The molecule has 3 heteroatoms. The van der Waals surface area contributed by atoms with E-state index in [0.29, 0.717) is 0 Å². The quantitative estimate of drug-likeness (QED) is 0.162. The Morgan fingerprint density at radius 2 is 0.985 bits per heavy atom. The third kappa shape index (κ3) is 5.62. The number of nitrogens with zero attached hydrogens (tertiary/aromatic N) is 3. The minimum atomic E-state index is -0.491. The molecule has 10 aromatic carbocycles. The topological polar surface area (TPSA) is 38.7 Å². The van der Waals surface area contributed by atoms with Crippen LogP contribution in [0, 0.1) is 0 Å². The van der Waals surface area contributed by atoms with Crippen LogP contribution in [0.4, 0.5) is 0 Å². The van der Waals surface area contributed by atoms with Crippen LogP contribution in [0.15, 0.2) is 237 Å². The van der Waals surface area contributed by atoms with E-state index in [1.807, 2.05) is 24.5 Å². The summed E-state index contributed by atoms with van der Waals surface area (Å²) in [6, 6.07) is 82.4. The Hall–Kier alpha value is -8.79. The summed E-state index contributed by atoms with van der Waals surface area (Å²) in [7, 11) is 0. The molecule has 0 radical (unpaired) electrons. The molecule has 14 rings (SSSR count). The molecule has 0 bridgehead atoms. The minimum absolute atomic E-state index is 0.491. The highest BCUT2D eigenvalue weighted by atomic mass is 14.7. The summed E-state index contributed by atoms with van der Waals surface area (Å²) in [5.41, 5.74) is 16.7. The minimum Gasteiger partial charge on any atom is -0.254 e. The summed E-state index contributed by atoms with van der Waals surface area (Å²) < 4.78 is 0. The smallest absolute Gasteiger partial charge is 0.0970 e. The van der Waals surface area contributed by atoms with E-state index in [1.54, 1.807) is 0 Å². The van der Waals surface area contributed by atoms with Crippen LogP contribution < -0.4 is 0 Å². The van der Waals surface area contributed by atoms with Gasteiger partial charge in [-0.25, -0.2) is 4.98 Å². The largest absolute Gasteiger partial charge is 0.254 e. The summed E-state index contributed by atoms with van der Waals surface area (Å²) in [4.78, 5) is 15.0. The van der Waals surface area contributed by atoms with Gasteiger partial charge in [0.15, 0.2) is 0 Å². The third-order valence-corrected chi connectivity index (χ3v) is 14.4. The molecule has 0 amide bonds. The van der Waals surface area contributed by atoms with E-state index in [9.17, 15) is 0 Å². The van der Waals surface area contributed by atoms with Crippen molar-refractivity contribution in [2.24, 2.45) is 0 Å². The first-order chi connectivity index (χ1) is 33.2. The van der Waals surface area contributed by atoms with Crippen LogP contribution in [-0.2, 0) is 5.41 Å². The van der Waals surface area contributed by atoms with Crippen LogP contribution in [0.3, 0.4) is 0 Å². The van der Waals surface area contributed by atoms with E-state index in [1.165, 1.54) is 65.9 Å². The van der Waals surface area contributed by atoms with Crippen LogP contribution in [-0.4, -0.2) is 15.0 Å². The molecule has 1 aliphatic rings. The van der Waals surface area contributed by atoms with E-state index in [0.717, 1.165) is 66.0 Å². The van der Waals surface area contributed by atoms with Gasteiger partial charge in [-0.2, -0.15) is 0 Å². The van der Waals surface area contributed by atoms with E-state index < -0.39 is 5.41 Å². The summed E-state index contributed by atoms with van der Waals surface area (Å²) >= 11 is 0. The van der Waals surface area contributed by atoms with Crippen molar-refractivity contribution in [2.75, 3.05) is 0 Å². The Kier molecular flexibility index (Phi) is 8.20. The summed E-state index contributed by atoms with van der Waals surface area (Å²) in [5.74, 6) is 0. The van der Waals surface area contributed by atoms with E-state index >= 15 is 0 Å². The number of aromatic nitrogens is 3. The first kappa shape index (κ1) is 37.6. The zero-order valence-corrected chi connectivity index (χ0v) is 36.4. The van der Waals surface area contributed by atoms with Crippen LogP contribution in [0.2, 0.25) is 0 Å². The lowest BCUT2D eigenvalue weighted by Gasteiger charge is -2.34. The second-order valence-corrected chi connectivity index (χ2v) is 17.9. The fourth-order valence-electron chi connectivity index (χ4n) is 11.4. The maximum absolute atomic E-state index is 5.49. The first-order valence-corrected chi connectivity index (χ1v) is 23.0. The second-order valence-electron chi connectivity index (χ2n) is 17.9. The van der Waals surface area contributed by atoms with Crippen molar-refractivity contribution in [1.29, 1.82) is 0 Å². The second kappa shape index (κ2) is 14.6. The summed E-state index contributed by atoms with van der Waals surface area (Å²) in [6.45, 7) is 0. The lowest BCUT2D eigenvalue weighted by Crippen LogP contribution is -2.28. The Balaban J connectivity index is 0.931. The normalized spacial score (nSPS) is 12.9. The highest BCUT2D eigenvalue weighted by molar-refractivity contribution is 6.15. The molecule has 0 fully saturated rings. The van der Waals surface area contributed by atoms with Gasteiger partial charge in [0, 0.05) is 39.5 Å². The van der Waals surface area contributed by atoms with Crippen LogP contribution in [0.25, 0.3) is 110 Å². The van der Waals surface area contributed by atoms with Crippen molar-refractivity contribution >= 4 is 65.0 Å². The molecule has 0 spiro atoms. The molecule has 0 unspecified atom stereocenters. The summed E-state index contributed by atoms with van der Waals surface area (Å²) in [6.07, 6.45) is 3.70. The molecule has 0 saturated carbocycles. The van der Waals surface area contributed by atoms with Crippen molar-refractivity contribution in [2.45, 2.75) is 5.41 Å². The van der Waals surface area contributed by atoms with Crippen LogP contribution in [0.1, 0.15) is 22.3 Å². The SMILES string of the molecule is c1ccc(C2(c3ccccc3)c3ccccc3-c3cc4c(-c5cccc(-c6ccc7ccc8cc(-c9cc%10cccnc%10c%10ncccc9%10)ccc8c7c6)c5)nc5ccccc5c4cc32)cc1. The maximum Gasteiger partial charge on any atom is 0.0970 e. The van der Waals surface area contributed by atoms with Gasteiger partial charge < -0.3 is 0 Å². The number of hydrogen-bond acceptors (Lipinski definition) is 3. The lowest BCUT2D eigenvalue weighted by atomic mass is 9.67. The Bertz CT molecular complexity index is 4120. The first-order valence-electron chi connectivity index (χ1n) is 23.0. The fourth-order valence-corrected chi connectivity index (χ4v) is 11.4. The van der Waals surface area contributed by atoms with Gasteiger partial charge in [0.1, 0.15) is 0 Å². The maximum atomic E-state index is 5.49. The van der Waals surface area contributed by atoms with E-state index in [-0.39, 0.29) is 0 Å². The van der Waals surface area contributed by atoms with Crippen molar-refractivity contribution in [3.63, 3.8) is 0 Å². The molecule has 0 atom stereocenters. The standard InChI is InChI=1S/C64H39N3/c1-3-17-47(18-4-1)64(48-19-5-2-6-20-48)58-24-9-7-21-50(58)56-38-57-55(39-59(56)64)51-22-8-10-25-60(51)67-61(57)45-15-11-14-41(34-45)42-28-26-40-27-29-43-35-44(30-31-49(43)53(40)36-42)54-37-46-16-12-32-65-62(46)63-52(54)23-13-33-66-63/h1-39H. The molecule has 0 N–H and O–H groups in total. The molecule has 1 aliphatic carbocycles. The van der Waals surface area contributed by atoms with Crippen molar-refractivity contribution in [3.8, 4) is 44.6 Å². The Morgan fingerprint density at radius 3 is 1.85 bits per heavy atom. The van der Waals surface area contributed by atoms with Gasteiger partial charge in [-0.1, -0.05) is 170 Å². The number of fused-ring (bicyclic) bond motifs is 12. The molecule has 67 heavy (non-hydrogen) atoms. The monoisotopic (exact) mass is 849 g/mol. The zero-order valence-electron chi connectivity index (χ0n) is 36.4. The van der Waals surface area contributed by atoms with Gasteiger partial charge in [0.25, 0.3) is 0 Å². The molecule has 3 aromatic heterocycles. The lowest BCUT2D eigenvalue weighted by molar-refractivity contribution is 0.769. The average molecular weight is 850 g/mol. The Morgan fingerprint density at radius 1 is 0.299 bits per heavy atom. The van der Waals surface area contributed by atoms with Crippen LogP contribution in [0.5, 0.6) is 0 Å². The molecule has 3 nitrogen and oxygen atoms in total. The molecule has 310 valence electrons. The molecule has 13 aromatic rings. The van der Waals surface area contributed by atoms with E-state index in [4.69, 9.17) is 9.97 Å². The zero-order chi connectivity index (χ0) is 44.1. The van der Waals surface area contributed by atoms with Gasteiger partial charge in [-0.05, 0) is 137 Å². The number of hydrogen-bond donors (Lipinski definition) is 0. The molecule has 0 aliphatic heterocycles. The predicted molar refractivity (Wildman–Crippen MR) is 278 cm³/mol. The molecule has 0 saturated heterocycles. The van der Waals surface area contributed by atoms with Gasteiger partial charge in [-0.3, -0.25) is 9.97 Å². The third-order valence-electron chi connectivity index (χ3n) is 14.4. The summed E-state index contributed by atoms with van der Waals surface area (Å²) in [5, 5.41) is 10.6. The number of benzene rings is 10. The molecule has 3 heterocycles. The van der Waals surface area contributed by atoms with Gasteiger partial charge >= 0.3 is 0 Å². The fraction of sp³-hybridized carbons (Fsp3) is 0.0156. The van der Waals surface area contributed by atoms with Crippen molar-refractivity contribution in [3.05, 3.63) is 259 Å². The number of pyridine rings is 3. The van der Waals surface area contributed by atoms with Crippen molar-refractivity contribution < 1.29 is 0 Å². The number of rotatable bonds is 5. The molecular formula is C64H39N3.